The maximum Gasteiger partial charge on any atom is 0.446 e. The lowest BCUT2D eigenvalue weighted by atomic mass is 10.1. The molecule has 0 N–H and O–H groups in total. The third-order valence-electron chi connectivity index (χ3n) is 1.90. The number of carbonyl (C=O) groups excluding carboxylic acids is 1. The number of benzene rings is 1. The van der Waals surface area contributed by atoms with E-state index in [2.05, 4.69) is 15.9 Å². The zero-order valence-electron chi connectivity index (χ0n) is 9.55. The maximum absolute atomic E-state index is 12.3. The molecule has 8 heteroatoms. The summed E-state index contributed by atoms with van der Waals surface area (Å²) in [5, 5.41) is 8.92. The third-order valence-corrected chi connectivity index (χ3v) is 3.23. The number of thioether (sulfide) groups is 1. The van der Waals surface area contributed by atoms with Crippen molar-refractivity contribution in [1.82, 2.24) is 0 Å². The van der Waals surface area contributed by atoms with Crippen molar-refractivity contribution in [3.63, 3.8) is 0 Å². The zero-order valence-corrected chi connectivity index (χ0v) is 11.9. The summed E-state index contributed by atoms with van der Waals surface area (Å²) >= 11 is 2.61. The van der Waals surface area contributed by atoms with Crippen LogP contribution < -0.4 is 0 Å². The van der Waals surface area contributed by atoms with Crippen molar-refractivity contribution in [2.24, 2.45) is 0 Å². The minimum atomic E-state index is -4.47. The molecule has 0 aromatic heterocycles. The Kier molecular flexibility index (Phi) is 5.26. The van der Waals surface area contributed by atoms with Crippen LogP contribution in [0.3, 0.4) is 0 Å². The summed E-state index contributed by atoms with van der Waals surface area (Å²) in [6.07, 6.45) is 0. The highest BCUT2D eigenvalue weighted by molar-refractivity contribution is 9.10. The Morgan fingerprint density at radius 1 is 1.53 bits per heavy atom. The molecule has 0 aliphatic heterocycles. The Balaban J connectivity index is 3.27. The van der Waals surface area contributed by atoms with Gasteiger partial charge < -0.3 is 4.74 Å². The summed E-state index contributed by atoms with van der Waals surface area (Å²) in [5.74, 6) is -0.829. The van der Waals surface area contributed by atoms with Crippen LogP contribution in [0.25, 0.3) is 0 Å². The second-order valence-electron chi connectivity index (χ2n) is 3.21. The van der Waals surface area contributed by atoms with Crippen LogP contribution in [-0.2, 0) is 4.74 Å². The lowest BCUT2D eigenvalue weighted by molar-refractivity contribution is -0.0328. The van der Waals surface area contributed by atoms with Crippen molar-refractivity contribution in [3.05, 3.63) is 27.7 Å². The number of ether oxygens (including phenoxy) is 1. The van der Waals surface area contributed by atoms with Crippen LogP contribution in [0.4, 0.5) is 13.2 Å². The molecular weight excluding hydrogens is 347 g/mol. The molecule has 0 saturated carbocycles. The molecule has 3 nitrogen and oxygen atoms in total. The quantitative estimate of drug-likeness (QED) is 0.606. The molecule has 0 radical (unpaired) electrons. The van der Waals surface area contributed by atoms with E-state index in [9.17, 15) is 18.0 Å². The Bertz CT molecular complexity index is 540. The number of hydrogen-bond donors (Lipinski definition) is 0. The molecule has 0 spiro atoms. The van der Waals surface area contributed by atoms with E-state index in [0.29, 0.717) is 0 Å². The number of nitriles is 1. The fraction of sp³-hybridized carbons (Fsp3) is 0.273. The highest BCUT2D eigenvalue weighted by Crippen LogP contribution is 2.39. The van der Waals surface area contributed by atoms with Crippen LogP contribution in [0.5, 0.6) is 0 Å². The molecule has 0 aliphatic rings. The van der Waals surface area contributed by atoms with E-state index >= 15 is 0 Å². The Labute approximate surface area is 119 Å². The fourth-order valence-electron chi connectivity index (χ4n) is 1.26. The van der Waals surface area contributed by atoms with Crippen LogP contribution in [-0.4, -0.2) is 18.1 Å². The third kappa shape index (κ3) is 4.44. The maximum atomic E-state index is 12.3. The van der Waals surface area contributed by atoms with Crippen LogP contribution >= 0.6 is 27.7 Å². The summed E-state index contributed by atoms with van der Waals surface area (Å²) < 4.78 is 41.7. The average molecular weight is 354 g/mol. The van der Waals surface area contributed by atoms with Gasteiger partial charge in [-0.1, -0.05) is 0 Å². The van der Waals surface area contributed by atoms with Gasteiger partial charge >= 0.3 is 11.5 Å². The van der Waals surface area contributed by atoms with Crippen LogP contribution in [0.15, 0.2) is 21.5 Å². The van der Waals surface area contributed by atoms with Crippen LogP contribution in [0.1, 0.15) is 22.8 Å². The van der Waals surface area contributed by atoms with Gasteiger partial charge in [-0.3, -0.25) is 0 Å². The average Bonchev–Trinajstić information content (AvgIpc) is 2.26. The van der Waals surface area contributed by atoms with E-state index in [-0.39, 0.29) is 38.9 Å². The number of halogens is 4. The number of carbonyl (C=O) groups is 1. The van der Waals surface area contributed by atoms with Crippen molar-refractivity contribution in [2.75, 3.05) is 6.61 Å². The molecule has 0 heterocycles. The van der Waals surface area contributed by atoms with E-state index < -0.39 is 11.5 Å². The summed E-state index contributed by atoms with van der Waals surface area (Å²) in [7, 11) is 0. The molecule has 0 amide bonds. The predicted octanol–water partition coefficient (Wildman–Crippen LogP) is 4.11. The second-order valence-corrected chi connectivity index (χ2v) is 5.20. The summed E-state index contributed by atoms with van der Waals surface area (Å²) in [4.78, 5) is 11.4. The number of nitrogens with zero attached hydrogens (tertiary/aromatic N) is 1. The minimum absolute atomic E-state index is 0.0509. The van der Waals surface area contributed by atoms with Crippen molar-refractivity contribution in [3.8, 4) is 6.07 Å². The fourth-order valence-corrected chi connectivity index (χ4v) is 2.58. The summed E-state index contributed by atoms with van der Waals surface area (Å²) in [6, 6.07) is 3.89. The molecule has 0 bridgehead atoms. The molecular formula is C11H7BrF3NO2S. The number of hydrogen-bond acceptors (Lipinski definition) is 4. The van der Waals surface area contributed by atoms with E-state index in [1.807, 2.05) is 0 Å². The Morgan fingerprint density at radius 3 is 2.63 bits per heavy atom. The van der Waals surface area contributed by atoms with Crippen molar-refractivity contribution < 1.29 is 22.7 Å². The number of alkyl halides is 3. The van der Waals surface area contributed by atoms with Gasteiger partial charge in [0, 0.05) is 9.37 Å². The zero-order chi connectivity index (χ0) is 14.6. The predicted molar refractivity (Wildman–Crippen MR) is 66.7 cm³/mol. The van der Waals surface area contributed by atoms with Crippen LogP contribution in [0, 0.1) is 11.3 Å². The lowest BCUT2D eigenvalue weighted by Gasteiger charge is -2.10. The molecule has 1 aromatic carbocycles. The molecule has 0 atom stereocenters. The monoisotopic (exact) mass is 353 g/mol. The van der Waals surface area contributed by atoms with Gasteiger partial charge in [0.15, 0.2) is 0 Å². The van der Waals surface area contributed by atoms with Crippen molar-refractivity contribution in [1.29, 1.82) is 5.26 Å². The Morgan fingerprint density at radius 2 is 2.16 bits per heavy atom. The first kappa shape index (κ1) is 15.9. The molecule has 1 rings (SSSR count). The van der Waals surface area contributed by atoms with Gasteiger partial charge in [0.1, 0.15) is 6.07 Å². The van der Waals surface area contributed by atoms with Gasteiger partial charge in [-0.05, 0) is 46.7 Å². The Hall–Kier alpha value is -1.20. The standard InChI is InChI=1S/C11H7BrF3NO2S/c1-2-18-10(17)7-3-6(19-11(13,14)15)4-9(12)8(7)5-16/h3-4H,2H2,1H3. The van der Waals surface area contributed by atoms with Gasteiger partial charge in [-0.15, -0.1) is 0 Å². The van der Waals surface area contributed by atoms with E-state index in [1.165, 1.54) is 0 Å². The van der Waals surface area contributed by atoms with E-state index in [4.69, 9.17) is 10.00 Å². The molecule has 0 fully saturated rings. The molecule has 102 valence electrons. The largest absolute Gasteiger partial charge is 0.462 e. The minimum Gasteiger partial charge on any atom is -0.462 e. The normalized spacial score (nSPS) is 10.9. The molecule has 0 saturated heterocycles. The van der Waals surface area contributed by atoms with Gasteiger partial charge in [-0.2, -0.15) is 18.4 Å². The van der Waals surface area contributed by atoms with Gasteiger partial charge in [0.25, 0.3) is 0 Å². The molecule has 19 heavy (non-hydrogen) atoms. The van der Waals surface area contributed by atoms with E-state index in [1.54, 1.807) is 13.0 Å². The first-order chi connectivity index (χ1) is 8.78. The second kappa shape index (κ2) is 6.30. The lowest BCUT2D eigenvalue weighted by Crippen LogP contribution is -2.08. The first-order valence-electron chi connectivity index (χ1n) is 4.95. The smallest absolute Gasteiger partial charge is 0.446 e. The van der Waals surface area contributed by atoms with Gasteiger partial charge in [-0.25, -0.2) is 4.79 Å². The van der Waals surface area contributed by atoms with Gasteiger partial charge in [0.05, 0.1) is 17.7 Å². The highest BCUT2D eigenvalue weighted by Gasteiger charge is 2.30. The van der Waals surface area contributed by atoms with Crippen molar-refractivity contribution in [2.45, 2.75) is 17.3 Å². The summed E-state index contributed by atoms with van der Waals surface area (Å²) in [5.41, 5.74) is -4.71. The number of esters is 1. The number of rotatable bonds is 3. The molecule has 1 aromatic rings. The molecule has 0 aliphatic carbocycles. The topological polar surface area (TPSA) is 50.1 Å². The summed E-state index contributed by atoms with van der Waals surface area (Å²) in [6.45, 7) is 1.63. The molecule has 0 unspecified atom stereocenters. The highest BCUT2D eigenvalue weighted by atomic mass is 79.9. The SMILES string of the molecule is CCOC(=O)c1cc(SC(F)(F)F)cc(Br)c1C#N. The van der Waals surface area contributed by atoms with Gasteiger partial charge in [0.2, 0.25) is 0 Å². The van der Waals surface area contributed by atoms with Crippen LogP contribution in [0.2, 0.25) is 0 Å². The first-order valence-corrected chi connectivity index (χ1v) is 6.56. The van der Waals surface area contributed by atoms with Crippen molar-refractivity contribution >= 4 is 33.7 Å². The van der Waals surface area contributed by atoms with E-state index in [0.717, 1.165) is 12.1 Å².